The zero-order chi connectivity index (χ0) is 12.8. The molecule has 1 fully saturated rings. The largest absolute Gasteiger partial charge is 0.339 e. The highest BCUT2D eigenvalue weighted by Gasteiger charge is 2.20. The maximum absolute atomic E-state index is 5.36. The summed E-state index contributed by atoms with van der Waals surface area (Å²) < 4.78 is 5.36. The quantitative estimate of drug-likeness (QED) is 0.844. The van der Waals surface area contributed by atoms with Crippen molar-refractivity contribution in [2.75, 3.05) is 6.54 Å². The van der Waals surface area contributed by atoms with E-state index in [9.17, 15) is 0 Å². The Kier molecular flexibility index (Phi) is 5.17. The molecule has 1 N–H and O–H groups in total. The number of hydrogen-bond donors (Lipinski definition) is 1. The third-order valence-corrected chi connectivity index (χ3v) is 3.80. The van der Waals surface area contributed by atoms with Gasteiger partial charge in [0, 0.05) is 18.4 Å². The van der Waals surface area contributed by atoms with Gasteiger partial charge >= 0.3 is 0 Å². The first kappa shape index (κ1) is 13.5. The van der Waals surface area contributed by atoms with Gasteiger partial charge in [0.25, 0.3) is 0 Å². The van der Waals surface area contributed by atoms with Crippen molar-refractivity contribution in [2.24, 2.45) is 0 Å². The van der Waals surface area contributed by atoms with Crippen LogP contribution in [0.4, 0.5) is 0 Å². The van der Waals surface area contributed by atoms with E-state index in [1.165, 1.54) is 32.1 Å². The second-order valence-electron chi connectivity index (χ2n) is 5.38. The average Bonchev–Trinajstić information content (AvgIpc) is 2.87. The second kappa shape index (κ2) is 6.88. The van der Waals surface area contributed by atoms with E-state index in [-0.39, 0.29) is 0 Å². The Bertz CT molecular complexity index is 345. The van der Waals surface area contributed by atoms with Gasteiger partial charge in [0.05, 0.1) is 0 Å². The molecule has 18 heavy (non-hydrogen) atoms. The van der Waals surface area contributed by atoms with Crippen LogP contribution in [0.2, 0.25) is 0 Å². The lowest BCUT2D eigenvalue weighted by atomic mass is 9.89. The van der Waals surface area contributed by atoms with Crippen molar-refractivity contribution in [3.8, 4) is 0 Å². The van der Waals surface area contributed by atoms with Crippen LogP contribution < -0.4 is 5.32 Å². The van der Waals surface area contributed by atoms with Crippen molar-refractivity contribution in [3.05, 3.63) is 11.7 Å². The van der Waals surface area contributed by atoms with Gasteiger partial charge in [0.2, 0.25) is 5.89 Å². The summed E-state index contributed by atoms with van der Waals surface area (Å²) in [5.41, 5.74) is 0. The molecular weight excluding hydrogens is 226 g/mol. The van der Waals surface area contributed by atoms with Gasteiger partial charge in [-0.1, -0.05) is 31.3 Å². The predicted molar refractivity (Wildman–Crippen MR) is 71.6 cm³/mol. The number of rotatable bonds is 6. The number of aryl methyl sites for hydroxylation is 1. The van der Waals surface area contributed by atoms with Gasteiger partial charge in [0.1, 0.15) is 0 Å². The van der Waals surface area contributed by atoms with Gasteiger partial charge in [0.15, 0.2) is 5.82 Å². The van der Waals surface area contributed by atoms with Gasteiger partial charge < -0.3 is 9.84 Å². The molecule has 1 aromatic rings. The van der Waals surface area contributed by atoms with E-state index in [0.717, 1.165) is 31.1 Å². The Labute approximate surface area is 110 Å². The minimum absolute atomic E-state index is 0.514. The van der Waals surface area contributed by atoms with E-state index < -0.39 is 0 Å². The Hall–Kier alpha value is -0.900. The standard InChI is InChI=1S/C14H25N3O/c1-3-15-11(2)9-10-13-16-14(17-18-13)12-7-5-4-6-8-12/h11-12,15H,3-10H2,1-2H3. The fourth-order valence-corrected chi connectivity index (χ4v) is 2.69. The molecule has 1 saturated carbocycles. The highest BCUT2D eigenvalue weighted by molar-refractivity contribution is 4.97. The van der Waals surface area contributed by atoms with Crippen LogP contribution in [0.5, 0.6) is 0 Å². The molecule has 4 heteroatoms. The van der Waals surface area contributed by atoms with Crippen LogP contribution in [0.25, 0.3) is 0 Å². The minimum atomic E-state index is 0.514. The fraction of sp³-hybridized carbons (Fsp3) is 0.857. The molecule has 1 aliphatic carbocycles. The summed E-state index contributed by atoms with van der Waals surface area (Å²) >= 11 is 0. The molecule has 2 rings (SSSR count). The Morgan fingerprint density at radius 1 is 1.33 bits per heavy atom. The Morgan fingerprint density at radius 3 is 2.83 bits per heavy atom. The predicted octanol–water partition coefficient (Wildman–Crippen LogP) is 3.05. The molecule has 4 nitrogen and oxygen atoms in total. The maximum Gasteiger partial charge on any atom is 0.226 e. The van der Waals surface area contributed by atoms with Crippen LogP contribution in [-0.2, 0) is 6.42 Å². The summed E-state index contributed by atoms with van der Waals surface area (Å²) in [6.45, 7) is 5.34. The molecule has 0 spiro atoms. The lowest BCUT2D eigenvalue weighted by Gasteiger charge is -2.17. The second-order valence-corrected chi connectivity index (χ2v) is 5.38. The van der Waals surface area contributed by atoms with E-state index in [0.29, 0.717) is 12.0 Å². The summed E-state index contributed by atoms with van der Waals surface area (Å²) in [5, 5.41) is 7.55. The smallest absolute Gasteiger partial charge is 0.226 e. The summed E-state index contributed by atoms with van der Waals surface area (Å²) in [6, 6.07) is 0.514. The lowest BCUT2D eigenvalue weighted by Crippen LogP contribution is -2.25. The fourth-order valence-electron chi connectivity index (χ4n) is 2.69. The summed E-state index contributed by atoms with van der Waals surface area (Å²) in [4.78, 5) is 4.56. The lowest BCUT2D eigenvalue weighted by molar-refractivity contribution is 0.351. The third kappa shape index (κ3) is 3.80. The zero-order valence-electron chi connectivity index (χ0n) is 11.6. The number of nitrogens with zero attached hydrogens (tertiary/aromatic N) is 2. The molecule has 1 heterocycles. The molecule has 0 saturated heterocycles. The van der Waals surface area contributed by atoms with Gasteiger partial charge in [-0.05, 0) is 32.7 Å². The van der Waals surface area contributed by atoms with E-state index in [4.69, 9.17) is 4.52 Å². The maximum atomic E-state index is 5.36. The van der Waals surface area contributed by atoms with Crippen molar-refractivity contribution in [2.45, 2.75) is 70.8 Å². The van der Waals surface area contributed by atoms with Crippen molar-refractivity contribution < 1.29 is 4.52 Å². The first-order valence-electron chi connectivity index (χ1n) is 7.35. The van der Waals surface area contributed by atoms with Crippen molar-refractivity contribution in [1.29, 1.82) is 0 Å². The van der Waals surface area contributed by atoms with Crippen LogP contribution >= 0.6 is 0 Å². The molecule has 0 bridgehead atoms. The van der Waals surface area contributed by atoms with Crippen molar-refractivity contribution in [1.82, 2.24) is 15.5 Å². The molecule has 1 aliphatic rings. The highest BCUT2D eigenvalue weighted by Crippen LogP contribution is 2.30. The van der Waals surface area contributed by atoms with E-state index >= 15 is 0 Å². The Balaban J connectivity index is 1.82. The summed E-state index contributed by atoms with van der Waals surface area (Å²) in [6.07, 6.45) is 8.38. The first-order chi connectivity index (χ1) is 8.79. The topological polar surface area (TPSA) is 51.0 Å². The number of aromatic nitrogens is 2. The minimum Gasteiger partial charge on any atom is -0.339 e. The molecule has 1 aromatic heterocycles. The van der Waals surface area contributed by atoms with E-state index in [2.05, 4.69) is 29.3 Å². The molecule has 1 unspecified atom stereocenters. The Morgan fingerprint density at radius 2 is 2.11 bits per heavy atom. The van der Waals surface area contributed by atoms with Crippen LogP contribution in [0.3, 0.4) is 0 Å². The molecule has 0 radical (unpaired) electrons. The van der Waals surface area contributed by atoms with Crippen LogP contribution in [0.15, 0.2) is 4.52 Å². The average molecular weight is 251 g/mol. The SMILES string of the molecule is CCNC(C)CCc1nc(C2CCCCC2)no1. The highest BCUT2D eigenvalue weighted by atomic mass is 16.5. The molecule has 0 aromatic carbocycles. The normalized spacial score (nSPS) is 19.0. The van der Waals surface area contributed by atoms with Crippen molar-refractivity contribution in [3.63, 3.8) is 0 Å². The monoisotopic (exact) mass is 251 g/mol. The van der Waals surface area contributed by atoms with Crippen molar-refractivity contribution >= 4 is 0 Å². The third-order valence-electron chi connectivity index (χ3n) is 3.80. The van der Waals surface area contributed by atoms with Gasteiger partial charge in [-0.25, -0.2) is 0 Å². The number of nitrogens with one attached hydrogen (secondary N) is 1. The molecule has 0 aliphatic heterocycles. The number of hydrogen-bond acceptors (Lipinski definition) is 4. The summed E-state index contributed by atoms with van der Waals surface area (Å²) in [5.74, 6) is 2.29. The van der Waals surface area contributed by atoms with Crippen LogP contribution in [-0.4, -0.2) is 22.7 Å². The molecule has 102 valence electrons. The van der Waals surface area contributed by atoms with Crippen LogP contribution in [0.1, 0.15) is 70.0 Å². The van der Waals surface area contributed by atoms with E-state index in [1.54, 1.807) is 0 Å². The van der Waals surface area contributed by atoms with Crippen LogP contribution in [0, 0.1) is 0 Å². The zero-order valence-corrected chi connectivity index (χ0v) is 11.6. The van der Waals surface area contributed by atoms with E-state index in [1.807, 2.05) is 0 Å². The van der Waals surface area contributed by atoms with Gasteiger partial charge in [-0.3, -0.25) is 0 Å². The molecule has 0 amide bonds. The van der Waals surface area contributed by atoms with Gasteiger partial charge in [-0.15, -0.1) is 0 Å². The summed E-state index contributed by atoms with van der Waals surface area (Å²) in [7, 11) is 0. The molecular formula is C14H25N3O. The molecule has 1 atom stereocenters. The first-order valence-corrected chi connectivity index (χ1v) is 7.35. The van der Waals surface area contributed by atoms with Gasteiger partial charge in [-0.2, -0.15) is 4.98 Å².